The quantitative estimate of drug-likeness (QED) is 0.584. The molecule has 1 aliphatic rings. The van der Waals surface area contributed by atoms with E-state index < -0.39 is 0 Å². The second kappa shape index (κ2) is 8.26. The molecular formula is C25H28N2O2. The third-order valence-corrected chi connectivity index (χ3v) is 5.64. The molecule has 0 saturated heterocycles. The van der Waals surface area contributed by atoms with Gasteiger partial charge in [0.2, 0.25) is 0 Å². The van der Waals surface area contributed by atoms with E-state index in [0.29, 0.717) is 12.1 Å². The summed E-state index contributed by atoms with van der Waals surface area (Å²) in [5.41, 5.74) is 5.73. The molecule has 4 heteroatoms. The highest BCUT2D eigenvalue weighted by atomic mass is 16.5. The summed E-state index contributed by atoms with van der Waals surface area (Å²) in [7, 11) is 2.10. The van der Waals surface area contributed by atoms with Gasteiger partial charge < -0.3 is 9.30 Å². The number of fused-ring (bicyclic) bond motifs is 1. The molecule has 2 aromatic carbocycles. The number of aromatic nitrogens is 1. The van der Waals surface area contributed by atoms with Crippen molar-refractivity contribution in [2.45, 2.75) is 45.5 Å². The molecule has 0 amide bonds. The number of hydrogen-bond acceptors (Lipinski definition) is 3. The van der Waals surface area contributed by atoms with Crippen molar-refractivity contribution in [2.24, 2.45) is 7.05 Å². The van der Waals surface area contributed by atoms with Gasteiger partial charge in [0.25, 0.3) is 0 Å². The van der Waals surface area contributed by atoms with Crippen LogP contribution in [0.3, 0.4) is 0 Å². The Balaban J connectivity index is 1.67. The monoisotopic (exact) mass is 388 g/mol. The van der Waals surface area contributed by atoms with Gasteiger partial charge in [-0.15, -0.1) is 0 Å². The molecule has 1 unspecified atom stereocenters. The first-order chi connectivity index (χ1) is 14.0. The molecule has 4 rings (SSSR count). The van der Waals surface area contributed by atoms with Gasteiger partial charge in [-0.05, 0) is 49.1 Å². The maximum Gasteiger partial charge on any atom is 0.338 e. The molecule has 4 nitrogen and oxygen atoms in total. The lowest BCUT2D eigenvalue weighted by atomic mass is 9.92. The Morgan fingerprint density at radius 2 is 1.79 bits per heavy atom. The highest BCUT2D eigenvalue weighted by Crippen LogP contribution is 2.35. The van der Waals surface area contributed by atoms with Crippen LogP contribution in [-0.2, 0) is 31.3 Å². The molecule has 2 heterocycles. The van der Waals surface area contributed by atoms with Gasteiger partial charge >= 0.3 is 5.97 Å². The number of hydrogen-bond donors (Lipinski definition) is 0. The van der Waals surface area contributed by atoms with Crippen LogP contribution >= 0.6 is 0 Å². The van der Waals surface area contributed by atoms with E-state index in [1.54, 1.807) is 0 Å². The standard InChI is InChI=1S/C25H28N2O2/c1-18(2)29-25(28)22-12-8-7-11-21(22)16-27-17-24-20(13-14-26(24)3)15-23(27)19-9-5-4-6-10-19/h4-14,18,23H,15-17H2,1-3H3. The average Bonchev–Trinajstić information content (AvgIpc) is 3.08. The minimum Gasteiger partial charge on any atom is -0.459 e. The van der Waals surface area contributed by atoms with Crippen molar-refractivity contribution >= 4 is 5.97 Å². The van der Waals surface area contributed by atoms with E-state index in [9.17, 15) is 4.79 Å². The van der Waals surface area contributed by atoms with Crippen LogP contribution in [0.15, 0.2) is 66.9 Å². The zero-order valence-corrected chi connectivity index (χ0v) is 17.3. The van der Waals surface area contributed by atoms with E-state index in [-0.39, 0.29) is 18.1 Å². The zero-order chi connectivity index (χ0) is 20.4. The van der Waals surface area contributed by atoms with E-state index in [1.165, 1.54) is 16.8 Å². The number of carbonyl (C=O) groups excluding carboxylic acids is 1. The van der Waals surface area contributed by atoms with Crippen molar-refractivity contribution in [1.29, 1.82) is 0 Å². The second-order valence-corrected chi connectivity index (χ2v) is 8.05. The third kappa shape index (κ3) is 4.13. The van der Waals surface area contributed by atoms with E-state index in [2.05, 4.69) is 59.1 Å². The Kier molecular flexibility index (Phi) is 5.54. The van der Waals surface area contributed by atoms with Crippen molar-refractivity contribution < 1.29 is 9.53 Å². The first-order valence-electron chi connectivity index (χ1n) is 10.2. The molecule has 0 saturated carbocycles. The molecule has 0 aliphatic carbocycles. The Labute approximate surface area is 172 Å². The smallest absolute Gasteiger partial charge is 0.338 e. The SMILES string of the molecule is CC(C)OC(=O)c1ccccc1CN1Cc2c(ccn2C)CC1c1ccccc1. The van der Waals surface area contributed by atoms with Crippen molar-refractivity contribution in [2.75, 3.05) is 0 Å². The lowest BCUT2D eigenvalue weighted by Crippen LogP contribution is -2.34. The molecule has 0 fully saturated rings. The minimum absolute atomic E-state index is 0.131. The van der Waals surface area contributed by atoms with Gasteiger partial charge in [-0.1, -0.05) is 48.5 Å². The largest absolute Gasteiger partial charge is 0.459 e. The van der Waals surface area contributed by atoms with Crippen LogP contribution in [0.2, 0.25) is 0 Å². The Morgan fingerprint density at radius 1 is 1.07 bits per heavy atom. The lowest BCUT2D eigenvalue weighted by molar-refractivity contribution is 0.0374. The van der Waals surface area contributed by atoms with Crippen LogP contribution in [0.25, 0.3) is 0 Å². The summed E-state index contributed by atoms with van der Waals surface area (Å²) in [6.45, 7) is 5.32. The van der Waals surface area contributed by atoms with Gasteiger partial charge in [0.05, 0.1) is 11.7 Å². The molecule has 0 bridgehead atoms. The number of aryl methyl sites for hydroxylation is 1. The van der Waals surface area contributed by atoms with E-state index in [1.807, 2.05) is 38.1 Å². The van der Waals surface area contributed by atoms with Crippen molar-refractivity contribution in [3.63, 3.8) is 0 Å². The highest BCUT2D eigenvalue weighted by molar-refractivity contribution is 5.91. The lowest BCUT2D eigenvalue weighted by Gasteiger charge is -2.37. The van der Waals surface area contributed by atoms with Crippen LogP contribution in [0, 0.1) is 0 Å². The summed E-state index contributed by atoms with van der Waals surface area (Å²) in [6, 6.07) is 21.0. The van der Waals surface area contributed by atoms with Crippen LogP contribution in [0.5, 0.6) is 0 Å². The van der Waals surface area contributed by atoms with Crippen LogP contribution in [-0.4, -0.2) is 21.5 Å². The maximum absolute atomic E-state index is 12.6. The van der Waals surface area contributed by atoms with Crippen LogP contribution < -0.4 is 0 Å². The van der Waals surface area contributed by atoms with Gasteiger partial charge in [0, 0.05) is 38.1 Å². The Bertz CT molecular complexity index is 991. The number of nitrogens with zero attached hydrogens (tertiary/aromatic N) is 2. The van der Waals surface area contributed by atoms with E-state index >= 15 is 0 Å². The molecule has 0 radical (unpaired) electrons. The minimum atomic E-state index is -0.247. The topological polar surface area (TPSA) is 34.5 Å². The van der Waals surface area contributed by atoms with Gasteiger partial charge in [-0.25, -0.2) is 4.79 Å². The summed E-state index contributed by atoms with van der Waals surface area (Å²) in [5.74, 6) is -0.247. The molecule has 29 heavy (non-hydrogen) atoms. The predicted molar refractivity (Wildman–Crippen MR) is 115 cm³/mol. The first-order valence-corrected chi connectivity index (χ1v) is 10.2. The number of ether oxygens (including phenoxy) is 1. The fraction of sp³-hybridized carbons (Fsp3) is 0.320. The fourth-order valence-electron chi connectivity index (χ4n) is 4.18. The third-order valence-electron chi connectivity index (χ3n) is 5.64. The number of benzene rings is 2. The average molecular weight is 389 g/mol. The second-order valence-electron chi connectivity index (χ2n) is 8.05. The van der Waals surface area contributed by atoms with Gasteiger partial charge in [-0.3, -0.25) is 4.90 Å². The normalized spacial score (nSPS) is 16.6. The summed E-state index contributed by atoms with van der Waals surface area (Å²) < 4.78 is 7.69. The van der Waals surface area contributed by atoms with E-state index in [4.69, 9.17) is 4.74 Å². The maximum atomic E-state index is 12.6. The molecule has 1 aliphatic heterocycles. The summed E-state index contributed by atoms with van der Waals surface area (Å²) in [6.07, 6.45) is 2.98. The summed E-state index contributed by atoms with van der Waals surface area (Å²) in [5, 5.41) is 0. The summed E-state index contributed by atoms with van der Waals surface area (Å²) in [4.78, 5) is 15.1. The predicted octanol–water partition coefficient (Wildman–Crippen LogP) is 4.89. The van der Waals surface area contributed by atoms with E-state index in [0.717, 1.165) is 18.5 Å². The van der Waals surface area contributed by atoms with Crippen LogP contribution in [0.1, 0.15) is 52.6 Å². The zero-order valence-electron chi connectivity index (χ0n) is 17.3. The molecule has 150 valence electrons. The highest BCUT2D eigenvalue weighted by Gasteiger charge is 2.30. The van der Waals surface area contributed by atoms with Crippen molar-refractivity contribution in [3.8, 4) is 0 Å². The molecular weight excluding hydrogens is 360 g/mol. The number of esters is 1. The fourth-order valence-corrected chi connectivity index (χ4v) is 4.18. The van der Waals surface area contributed by atoms with Gasteiger partial charge in [0.15, 0.2) is 0 Å². The Hall–Kier alpha value is -2.85. The molecule has 1 atom stereocenters. The molecule has 1 aromatic heterocycles. The summed E-state index contributed by atoms with van der Waals surface area (Å²) >= 11 is 0. The number of rotatable bonds is 5. The van der Waals surface area contributed by atoms with Crippen molar-refractivity contribution in [1.82, 2.24) is 9.47 Å². The van der Waals surface area contributed by atoms with Crippen LogP contribution in [0.4, 0.5) is 0 Å². The van der Waals surface area contributed by atoms with Gasteiger partial charge in [0.1, 0.15) is 0 Å². The molecule has 0 spiro atoms. The number of carbonyl (C=O) groups is 1. The first kappa shape index (κ1) is 19.5. The molecule has 3 aromatic rings. The van der Waals surface area contributed by atoms with Gasteiger partial charge in [-0.2, -0.15) is 0 Å². The van der Waals surface area contributed by atoms with Crippen molar-refractivity contribution in [3.05, 3.63) is 94.8 Å². The molecule has 0 N–H and O–H groups in total. The Morgan fingerprint density at radius 3 is 2.55 bits per heavy atom.